The molecule has 2 atom stereocenters. The lowest BCUT2D eigenvalue weighted by atomic mass is 9.74. The van der Waals surface area contributed by atoms with Crippen molar-refractivity contribution in [1.29, 1.82) is 0 Å². The van der Waals surface area contributed by atoms with E-state index in [0.29, 0.717) is 6.54 Å². The molecule has 0 radical (unpaired) electrons. The fraction of sp³-hybridized carbons (Fsp3) is 0.500. The number of carbonyl (C=O) groups is 2. The summed E-state index contributed by atoms with van der Waals surface area (Å²) in [5.41, 5.74) is 1.72. The Hall–Kier alpha value is -1.84. The van der Waals surface area contributed by atoms with Crippen LogP contribution in [-0.2, 0) is 9.59 Å². The number of rotatable bonds is 2. The van der Waals surface area contributed by atoms with Crippen molar-refractivity contribution in [1.82, 2.24) is 5.32 Å². The predicted molar refractivity (Wildman–Crippen MR) is 79.3 cm³/mol. The second kappa shape index (κ2) is 5.27. The molecule has 1 heterocycles. The summed E-state index contributed by atoms with van der Waals surface area (Å²) in [6.45, 7) is 8.71. The lowest BCUT2D eigenvalue weighted by Gasteiger charge is -2.29. The molecule has 2 amide bonds. The predicted octanol–water partition coefficient (Wildman–Crippen LogP) is 2.34. The second-order valence-corrected chi connectivity index (χ2v) is 6.55. The van der Waals surface area contributed by atoms with Gasteiger partial charge in [-0.25, -0.2) is 0 Å². The van der Waals surface area contributed by atoms with E-state index in [1.807, 2.05) is 31.2 Å². The van der Waals surface area contributed by atoms with Gasteiger partial charge in [0.1, 0.15) is 5.92 Å². The molecule has 0 saturated carbocycles. The summed E-state index contributed by atoms with van der Waals surface area (Å²) < 4.78 is 0. The zero-order chi connectivity index (χ0) is 14.9. The van der Waals surface area contributed by atoms with Crippen molar-refractivity contribution in [2.75, 3.05) is 11.9 Å². The van der Waals surface area contributed by atoms with E-state index in [1.54, 1.807) is 0 Å². The zero-order valence-corrected chi connectivity index (χ0v) is 12.5. The van der Waals surface area contributed by atoms with Crippen LogP contribution in [0.25, 0.3) is 0 Å². The third kappa shape index (κ3) is 3.00. The summed E-state index contributed by atoms with van der Waals surface area (Å²) in [6, 6.07) is 7.59. The summed E-state index contributed by atoms with van der Waals surface area (Å²) in [4.78, 5) is 24.4. The summed E-state index contributed by atoms with van der Waals surface area (Å²) >= 11 is 0. The van der Waals surface area contributed by atoms with E-state index in [-0.39, 0.29) is 23.1 Å². The maximum Gasteiger partial charge on any atom is 0.237 e. The number of amides is 2. The van der Waals surface area contributed by atoms with Crippen molar-refractivity contribution in [2.45, 2.75) is 27.7 Å². The van der Waals surface area contributed by atoms with E-state index in [2.05, 4.69) is 31.4 Å². The van der Waals surface area contributed by atoms with Gasteiger partial charge in [0.2, 0.25) is 11.8 Å². The van der Waals surface area contributed by atoms with E-state index >= 15 is 0 Å². The number of carbonyl (C=O) groups excluding carboxylic acids is 2. The normalized spacial score (nSPS) is 22.5. The molecule has 0 bridgehead atoms. The van der Waals surface area contributed by atoms with Gasteiger partial charge < -0.3 is 10.6 Å². The molecule has 20 heavy (non-hydrogen) atoms. The first kappa shape index (κ1) is 14.6. The molecule has 1 aromatic rings. The van der Waals surface area contributed by atoms with Gasteiger partial charge in [-0.05, 0) is 30.0 Å². The van der Waals surface area contributed by atoms with Crippen LogP contribution in [0.3, 0.4) is 0 Å². The molecule has 1 aliphatic rings. The second-order valence-electron chi connectivity index (χ2n) is 6.55. The molecule has 108 valence electrons. The first-order valence-corrected chi connectivity index (χ1v) is 6.94. The molecule has 0 spiro atoms. The van der Waals surface area contributed by atoms with Gasteiger partial charge in [0, 0.05) is 18.2 Å². The van der Waals surface area contributed by atoms with Crippen molar-refractivity contribution in [3.8, 4) is 0 Å². The van der Waals surface area contributed by atoms with Gasteiger partial charge in [-0.2, -0.15) is 0 Å². The Morgan fingerprint density at radius 1 is 1.35 bits per heavy atom. The Morgan fingerprint density at radius 2 is 2.05 bits per heavy atom. The smallest absolute Gasteiger partial charge is 0.237 e. The van der Waals surface area contributed by atoms with E-state index in [9.17, 15) is 9.59 Å². The van der Waals surface area contributed by atoms with Crippen LogP contribution < -0.4 is 10.6 Å². The van der Waals surface area contributed by atoms with E-state index in [1.165, 1.54) is 0 Å². The number of hydrogen-bond donors (Lipinski definition) is 2. The minimum Gasteiger partial charge on any atom is -0.355 e. The fourth-order valence-corrected chi connectivity index (χ4v) is 2.67. The Labute approximate surface area is 119 Å². The van der Waals surface area contributed by atoms with Crippen molar-refractivity contribution in [2.24, 2.45) is 17.3 Å². The number of hydrogen-bond acceptors (Lipinski definition) is 2. The van der Waals surface area contributed by atoms with Gasteiger partial charge in [0.05, 0.1) is 0 Å². The van der Waals surface area contributed by atoms with Gasteiger partial charge in [0.25, 0.3) is 0 Å². The van der Waals surface area contributed by atoms with Crippen molar-refractivity contribution >= 4 is 17.5 Å². The van der Waals surface area contributed by atoms with Gasteiger partial charge in [-0.3, -0.25) is 9.59 Å². The Balaban J connectivity index is 2.17. The maximum absolute atomic E-state index is 12.4. The third-order valence-electron chi connectivity index (χ3n) is 3.86. The molecule has 1 aromatic carbocycles. The third-order valence-corrected chi connectivity index (χ3v) is 3.86. The average molecular weight is 274 g/mol. The van der Waals surface area contributed by atoms with Crippen LogP contribution in [-0.4, -0.2) is 18.4 Å². The van der Waals surface area contributed by atoms with Crippen molar-refractivity contribution in [3.63, 3.8) is 0 Å². The maximum atomic E-state index is 12.4. The minimum atomic E-state index is -0.615. The summed E-state index contributed by atoms with van der Waals surface area (Å²) in [5, 5.41) is 5.66. The SMILES string of the molecule is Cc1cccc(NC(=O)[C@@H]2C(=O)NC[C@@H]2C(C)(C)C)c1. The van der Waals surface area contributed by atoms with E-state index < -0.39 is 5.92 Å². The standard InChI is InChI=1S/C16H22N2O2/c1-10-6-5-7-11(8-10)18-15(20)13-12(16(2,3)4)9-17-14(13)19/h5-8,12-13H,9H2,1-4H3,(H,17,19)(H,18,20)/t12-,13-/m0/s1. The molecule has 2 N–H and O–H groups in total. The highest BCUT2D eigenvalue weighted by atomic mass is 16.2. The molecule has 0 aromatic heterocycles. The Morgan fingerprint density at radius 3 is 2.65 bits per heavy atom. The summed E-state index contributed by atoms with van der Waals surface area (Å²) in [7, 11) is 0. The van der Waals surface area contributed by atoms with E-state index in [4.69, 9.17) is 0 Å². The van der Waals surface area contributed by atoms with Crippen LogP contribution in [0.4, 0.5) is 5.69 Å². The zero-order valence-electron chi connectivity index (χ0n) is 12.5. The minimum absolute atomic E-state index is 0.0137. The number of nitrogens with one attached hydrogen (secondary N) is 2. The largest absolute Gasteiger partial charge is 0.355 e. The molecule has 0 unspecified atom stereocenters. The topological polar surface area (TPSA) is 58.2 Å². The highest BCUT2D eigenvalue weighted by Gasteiger charge is 2.45. The van der Waals surface area contributed by atoms with Crippen molar-refractivity contribution in [3.05, 3.63) is 29.8 Å². The highest BCUT2D eigenvalue weighted by molar-refractivity contribution is 6.07. The molecule has 0 aliphatic carbocycles. The molecule has 1 aliphatic heterocycles. The van der Waals surface area contributed by atoms with Crippen LogP contribution in [0.2, 0.25) is 0 Å². The number of benzene rings is 1. The fourth-order valence-electron chi connectivity index (χ4n) is 2.67. The van der Waals surface area contributed by atoms with Crippen molar-refractivity contribution < 1.29 is 9.59 Å². The molecule has 1 fully saturated rings. The van der Waals surface area contributed by atoms with Crippen LogP contribution in [0.5, 0.6) is 0 Å². The van der Waals surface area contributed by atoms with Gasteiger partial charge in [-0.1, -0.05) is 32.9 Å². The first-order chi connectivity index (χ1) is 9.29. The number of aryl methyl sites for hydroxylation is 1. The van der Waals surface area contributed by atoms with Gasteiger partial charge >= 0.3 is 0 Å². The lowest BCUT2D eigenvalue weighted by Crippen LogP contribution is -2.37. The summed E-state index contributed by atoms with van der Waals surface area (Å²) in [5.74, 6) is -0.990. The monoisotopic (exact) mass is 274 g/mol. The molecule has 4 heteroatoms. The summed E-state index contributed by atoms with van der Waals surface area (Å²) in [6.07, 6.45) is 0. The Bertz CT molecular complexity index is 532. The molecule has 1 saturated heterocycles. The molecule has 2 rings (SSSR count). The van der Waals surface area contributed by atoms with Gasteiger partial charge in [0.15, 0.2) is 0 Å². The van der Waals surface area contributed by atoms with Gasteiger partial charge in [-0.15, -0.1) is 0 Å². The first-order valence-electron chi connectivity index (χ1n) is 6.94. The number of anilines is 1. The molecule has 4 nitrogen and oxygen atoms in total. The van der Waals surface area contributed by atoms with E-state index in [0.717, 1.165) is 11.3 Å². The van der Waals surface area contributed by atoms with Crippen LogP contribution in [0.15, 0.2) is 24.3 Å². The quantitative estimate of drug-likeness (QED) is 0.813. The van der Waals surface area contributed by atoms with Crippen LogP contribution >= 0.6 is 0 Å². The average Bonchev–Trinajstić information content (AvgIpc) is 2.71. The highest BCUT2D eigenvalue weighted by Crippen LogP contribution is 2.35. The van der Waals surface area contributed by atoms with Crippen LogP contribution in [0.1, 0.15) is 26.3 Å². The molecular weight excluding hydrogens is 252 g/mol. The Kier molecular flexibility index (Phi) is 3.84. The van der Waals surface area contributed by atoms with Crippen LogP contribution in [0, 0.1) is 24.2 Å². The lowest BCUT2D eigenvalue weighted by molar-refractivity contribution is -0.132. The molecular formula is C16H22N2O2.